The summed E-state index contributed by atoms with van der Waals surface area (Å²) in [4.78, 5) is 0. The number of thioether (sulfide) groups is 1. The van der Waals surface area contributed by atoms with Crippen molar-refractivity contribution in [1.29, 1.82) is 0 Å². The summed E-state index contributed by atoms with van der Waals surface area (Å²) < 4.78 is 34.1. The molecule has 0 aliphatic heterocycles. The van der Waals surface area contributed by atoms with E-state index >= 15 is 0 Å². The van der Waals surface area contributed by atoms with Crippen LogP contribution in [0.25, 0.3) is 0 Å². The second-order valence-corrected chi connectivity index (χ2v) is 5.25. The van der Waals surface area contributed by atoms with Gasteiger partial charge in [0, 0.05) is 19.0 Å². The first-order chi connectivity index (χ1) is 6.06. The average molecular weight is 228 g/mol. The van der Waals surface area contributed by atoms with E-state index in [9.17, 15) is 8.42 Å². The molecule has 0 spiro atoms. The Bertz CT molecular complexity index is 201. The fourth-order valence-corrected chi connectivity index (χ4v) is 2.51. The summed E-state index contributed by atoms with van der Waals surface area (Å²) in [6.07, 6.45) is 0.921. The van der Waals surface area contributed by atoms with Crippen LogP contribution >= 0.6 is 11.8 Å². The minimum atomic E-state index is -3.77. The second kappa shape index (κ2) is 7.61. The third-order valence-electron chi connectivity index (χ3n) is 1.27. The Morgan fingerprint density at radius 2 is 2.08 bits per heavy atom. The Kier molecular flexibility index (Phi) is 7.74. The standard InChI is InChI=1S/C7H16O4S2/c1-2-11-4-3-5-12-6-7-13(8,9)10/h2-7H2,1H3,(H,8,9,10). The van der Waals surface area contributed by atoms with E-state index in [4.69, 9.17) is 9.29 Å². The van der Waals surface area contributed by atoms with Crippen molar-refractivity contribution in [2.75, 3.05) is 30.5 Å². The first-order valence-electron chi connectivity index (χ1n) is 4.17. The van der Waals surface area contributed by atoms with Crippen molar-refractivity contribution >= 4 is 21.9 Å². The summed E-state index contributed by atoms with van der Waals surface area (Å²) in [7, 11) is -3.77. The van der Waals surface area contributed by atoms with Gasteiger partial charge in [0.2, 0.25) is 0 Å². The van der Waals surface area contributed by atoms with E-state index in [2.05, 4.69) is 0 Å². The van der Waals surface area contributed by atoms with Crippen LogP contribution in [0.4, 0.5) is 0 Å². The molecule has 0 atom stereocenters. The minimum Gasteiger partial charge on any atom is -0.382 e. The third kappa shape index (κ3) is 12.2. The molecule has 0 amide bonds. The molecule has 0 radical (unpaired) electrons. The predicted molar refractivity (Wildman–Crippen MR) is 54.9 cm³/mol. The van der Waals surface area contributed by atoms with Crippen LogP contribution in [0.15, 0.2) is 0 Å². The van der Waals surface area contributed by atoms with Crippen molar-refractivity contribution in [1.82, 2.24) is 0 Å². The lowest BCUT2D eigenvalue weighted by molar-refractivity contribution is 0.149. The molecule has 13 heavy (non-hydrogen) atoms. The van der Waals surface area contributed by atoms with E-state index in [1.54, 1.807) is 0 Å². The molecule has 0 unspecified atom stereocenters. The maximum absolute atomic E-state index is 10.3. The van der Waals surface area contributed by atoms with Crippen LogP contribution in [0.2, 0.25) is 0 Å². The molecular weight excluding hydrogens is 212 g/mol. The molecule has 0 bridgehead atoms. The zero-order valence-electron chi connectivity index (χ0n) is 7.73. The van der Waals surface area contributed by atoms with Gasteiger partial charge in [-0.3, -0.25) is 4.55 Å². The summed E-state index contributed by atoms with van der Waals surface area (Å²) in [6, 6.07) is 0. The van der Waals surface area contributed by atoms with E-state index in [0.29, 0.717) is 5.75 Å². The highest BCUT2D eigenvalue weighted by molar-refractivity contribution is 8.00. The van der Waals surface area contributed by atoms with Crippen molar-refractivity contribution in [3.8, 4) is 0 Å². The van der Waals surface area contributed by atoms with Gasteiger partial charge in [-0.15, -0.1) is 0 Å². The number of hydrogen-bond acceptors (Lipinski definition) is 4. The lowest BCUT2D eigenvalue weighted by Gasteiger charge is -2.00. The Hall–Kier alpha value is 0.220. The molecule has 0 aliphatic rings. The molecule has 0 rings (SSSR count). The van der Waals surface area contributed by atoms with Crippen molar-refractivity contribution in [2.45, 2.75) is 13.3 Å². The van der Waals surface area contributed by atoms with Crippen LogP contribution in [0.1, 0.15) is 13.3 Å². The monoisotopic (exact) mass is 228 g/mol. The number of ether oxygens (including phenoxy) is 1. The molecule has 0 aromatic carbocycles. The van der Waals surface area contributed by atoms with Crippen LogP contribution in [-0.2, 0) is 14.9 Å². The van der Waals surface area contributed by atoms with Gasteiger partial charge in [-0.05, 0) is 19.1 Å². The van der Waals surface area contributed by atoms with Gasteiger partial charge in [-0.1, -0.05) is 0 Å². The van der Waals surface area contributed by atoms with E-state index in [1.165, 1.54) is 11.8 Å². The summed E-state index contributed by atoms with van der Waals surface area (Å²) >= 11 is 1.51. The molecule has 0 saturated heterocycles. The van der Waals surface area contributed by atoms with E-state index in [-0.39, 0.29) is 5.75 Å². The average Bonchev–Trinajstić information content (AvgIpc) is 2.01. The van der Waals surface area contributed by atoms with Gasteiger partial charge in [-0.2, -0.15) is 20.2 Å². The van der Waals surface area contributed by atoms with E-state index < -0.39 is 10.1 Å². The maximum atomic E-state index is 10.3. The third-order valence-corrected chi connectivity index (χ3v) is 3.32. The van der Waals surface area contributed by atoms with Crippen LogP contribution in [-0.4, -0.2) is 43.4 Å². The van der Waals surface area contributed by atoms with Gasteiger partial charge in [0.25, 0.3) is 10.1 Å². The lowest BCUT2D eigenvalue weighted by atomic mass is 10.5. The second-order valence-electron chi connectivity index (χ2n) is 2.45. The van der Waals surface area contributed by atoms with Gasteiger partial charge in [0.15, 0.2) is 0 Å². The molecule has 4 nitrogen and oxygen atoms in total. The van der Waals surface area contributed by atoms with Gasteiger partial charge in [0.1, 0.15) is 0 Å². The molecule has 0 fully saturated rings. The lowest BCUT2D eigenvalue weighted by Crippen LogP contribution is -2.06. The summed E-state index contributed by atoms with van der Waals surface area (Å²) in [6.45, 7) is 3.37. The smallest absolute Gasteiger partial charge is 0.265 e. The first kappa shape index (κ1) is 13.2. The first-order valence-corrected chi connectivity index (χ1v) is 6.93. The van der Waals surface area contributed by atoms with Crippen molar-refractivity contribution in [3.63, 3.8) is 0 Å². The fraction of sp³-hybridized carbons (Fsp3) is 1.00. The van der Waals surface area contributed by atoms with Crippen LogP contribution < -0.4 is 0 Å². The Labute approximate surface area is 83.8 Å². The normalized spacial score (nSPS) is 11.8. The van der Waals surface area contributed by atoms with Gasteiger partial charge in [-0.25, -0.2) is 0 Å². The summed E-state index contributed by atoms with van der Waals surface area (Å²) in [5.74, 6) is 1.16. The Morgan fingerprint density at radius 3 is 2.62 bits per heavy atom. The molecule has 6 heteroatoms. The molecule has 0 aliphatic carbocycles. The highest BCUT2D eigenvalue weighted by Crippen LogP contribution is 2.03. The highest BCUT2D eigenvalue weighted by Gasteiger charge is 2.02. The topological polar surface area (TPSA) is 63.6 Å². The van der Waals surface area contributed by atoms with Crippen molar-refractivity contribution in [3.05, 3.63) is 0 Å². The quantitative estimate of drug-likeness (QED) is 0.496. The van der Waals surface area contributed by atoms with E-state index in [1.807, 2.05) is 6.92 Å². The summed E-state index contributed by atoms with van der Waals surface area (Å²) in [5.41, 5.74) is 0. The van der Waals surface area contributed by atoms with Gasteiger partial charge >= 0.3 is 0 Å². The molecule has 0 saturated carbocycles. The van der Waals surface area contributed by atoms with Crippen LogP contribution in [0, 0.1) is 0 Å². The van der Waals surface area contributed by atoms with E-state index in [0.717, 1.165) is 25.4 Å². The van der Waals surface area contributed by atoms with Crippen LogP contribution in [0.3, 0.4) is 0 Å². The zero-order valence-corrected chi connectivity index (χ0v) is 9.36. The largest absolute Gasteiger partial charge is 0.382 e. The van der Waals surface area contributed by atoms with Gasteiger partial charge in [0.05, 0.1) is 5.75 Å². The molecule has 0 aromatic rings. The Balaban J connectivity index is 3.09. The molecule has 0 heterocycles. The van der Waals surface area contributed by atoms with Crippen LogP contribution in [0.5, 0.6) is 0 Å². The number of hydrogen-bond donors (Lipinski definition) is 1. The zero-order chi connectivity index (χ0) is 10.2. The van der Waals surface area contributed by atoms with Crippen molar-refractivity contribution in [2.24, 2.45) is 0 Å². The fourth-order valence-electron chi connectivity index (χ4n) is 0.674. The number of rotatable bonds is 8. The maximum Gasteiger partial charge on any atom is 0.265 e. The highest BCUT2D eigenvalue weighted by atomic mass is 32.2. The Morgan fingerprint density at radius 1 is 1.38 bits per heavy atom. The summed E-state index contributed by atoms with van der Waals surface area (Å²) in [5, 5.41) is 0. The predicted octanol–water partition coefficient (Wildman–Crippen LogP) is 1.03. The molecule has 0 aromatic heterocycles. The van der Waals surface area contributed by atoms with Crippen molar-refractivity contribution < 1.29 is 17.7 Å². The molecule has 1 N–H and O–H groups in total. The molecular formula is C7H16O4S2. The molecule has 80 valence electrons. The van der Waals surface area contributed by atoms with Gasteiger partial charge < -0.3 is 4.74 Å². The SMILES string of the molecule is CCOCCCSCCS(=O)(=O)O. The minimum absolute atomic E-state index is 0.160.